The topological polar surface area (TPSA) is 58.6 Å². The number of hydrogen-bond donors (Lipinski definition) is 0. The standard InChI is InChI=1S/C22H24BrNO6/c1-24-8-7-12-15(20(27-4)22-21(16(12)23)29-10-30-22)17(24)19-11-5-6-14(25-2)18(26-3)13(11)9-28-19/h5-6,17,19H,7-10H2,1-4H3/t17-,19?/m1/s1. The van der Waals surface area contributed by atoms with Gasteiger partial charge in [-0.15, -0.1) is 0 Å². The van der Waals surface area contributed by atoms with Crippen molar-refractivity contribution in [2.24, 2.45) is 0 Å². The number of halogens is 1. The molecule has 2 aromatic rings. The van der Waals surface area contributed by atoms with Crippen LogP contribution < -0.4 is 23.7 Å². The van der Waals surface area contributed by atoms with Crippen LogP contribution in [0.1, 0.15) is 34.4 Å². The van der Waals surface area contributed by atoms with Crippen LogP contribution in [-0.4, -0.2) is 46.6 Å². The minimum Gasteiger partial charge on any atom is -0.493 e. The average molecular weight is 478 g/mol. The summed E-state index contributed by atoms with van der Waals surface area (Å²) < 4.78 is 35.8. The second kappa shape index (κ2) is 7.51. The second-order valence-electron chi connectivity index (χ2n) is 7.58. The van der Waals surface area contributed by atoms with E-state index < -0.39 is 0 Å². The lowest BCUT2D eigenvalue weighted by Gasteiger charge is -2.39. The van der Waals surface area contributed by atoms with Gasteiger partial charge in [0, 0.05) is 17.7 Å². The van der Waals surface area contributed by atoms with Gasteiger partial charge in [0.15, 0.2) is 23.0 Å². The molecule has 1 unspecified atom stereocenters. The summed E-state index contributed by atoms with van der Waals surface area (Å²) in [6.07, 6.45) is 0.701. The Labute approximate surface area is 183 Å². The molecule has 30 heavy (non-hydrogen) atoms. The lowest BCUT2D eigenvalue weighted by Crippen LogP contribution is -2.36. The van der Waals surface area contributed by atoms with Crippen LogP contribution in [0.3, 0.4) is 0 Å². The first-order valence-corrected chi connectivity index (χ1v) is 10.6. The maximum absolute atomic E-state index is 6.37. The third-order valence-electron chi connectivity index (χ3n) is 6.23. The first-order valence-electron chi connectivity index (χ1n) is 9.84. The Kier molecular flexibility index (Phi) is 4.95. The number of methoxy groups -OCH3 is 3. The number of likely N-dealkylation sites (N-methyl/N-ethyl adjacent to an activating group) is 1. The smallest absolute Gasteiger partial charge is 0.231 e. The van der Waals surface area contributed by atoms with Crippen molar-refractivity contribution in [3.8, 4) is 28.7 Å². The van der Waals surface area contributed by atoms with Gasteiger partial charge in [0.1, 0.15) is 6.10 Å². The van der Waals surface area contributed by atoms with Gasteiger partial charge >= 0.3 is 0 Å². The zero-order valence-corrected chi connectivity index (χ0v) is 19.0. The highest BCUT2D eigenvalue weighted by atomic mass is 79.9. The lowest BCUT2D eigenvalue weighted by molar-refractivity contribution is -0.00488. The SMILES string of the molecule is COc1ccc2c(c1OC)COC2[C@H]1c2c(c(Br)c3c(c2OC)OCO3)CCN1C. The predicted octanol–water partition coefficient (Wildman–Crippen LogP) is 4.00. The van der Waals surface area contributed by atoms with Crippen molar-refractivity contribution in [1.29, 1.82) is 0 Å². The molecule has 0 fully saturated rings. The Morgan fingerprint density at radius 2 is 1.77 bits per heavy atom. The van der Waals surface area contributed by atoms with Gasteiger partial charge in [-0.25, -0.2) is 0 Å². The van der Waals surface area contributed by atoms with Crippen LogP contribution in [0.25, 0.3) is 0 Å². The third kappa shape index (κ3) is 2.70. The molecule has 5 rings (SSSR count). The number of rotatable bonds is 4. The summed E-state index contributed by atoms with van der Waals surface area (Å²) >= 11 is 3.75. The molecule has 3 heterocycles. The molecule has 0 saturated heterocycles. The average Bonchev–Trinajstić information content (AvgIpc) is 3.41. The Morgan fingerprint density at radius 1 is 1.00 bits per heavy atom. The predicted molar refractivity (Wildman–Crippen MR) is 113 cm³/mol. The fraction of sp³-hybridized carbons (Fsp3) is 0.455. The molecule has 3 aliphatic rings. The van der Waals surface area contributed by atoms with Gasteiger partial charge in [0.25, 0.3) is 0 Å². The van der Waals surface area contributed by atoms with Crippen molar-refractivity contribution in [3.05, 3.63) is 38.9 Å². The van der Waals surface area contributed by atoms with E-state index >= 15 is 0 Å². The summed E-state index contributed by atoms with van der Waals surface area (Å²) in [5.74, 6) is 3.52. The normalized spacial score (nSPS) is 21.9. The van der Waals surface area contributed by atoms with E-state index in [0.29, 0.717) is 23.9 Å². The van der Waals surface area contributed by atoms with Crippen molar-refractivity contribution in [2.75, 3.05) is 41.7 Å². The molecule has 0 amide bonds. The molecule has 2 atom stereocenters. The van der Waals surface area contributed by atoms with Crippen LogP contribution in [0.2, 0.25) is 0 Å². The summed E-state index contributed by atoms with van der Waals surface area (Å²) in [5.41, 5.74) is 4.39. The van der Waals surface area contributed by atoms with E-state index in [0.717, 1.165) is 45.6 Å². The molecule has 2 aromatic carbocycles. The van der Waals surface area contributed by atoms with Crippen molar-refractivity contribution >= 4 is 15.9 Å². The molecule has 7 nitrogen and oxygen atoms in total. The van der Waals surface area contributed by atoms with Crippen molar-refractivity contribution in [3.63, 3.8) is 0 Å². The van der Waals surface area contributed by atoms with Gasteiger partial charge in [0.2, 0.25) is 12.5 Å². The van der Waals surface area contributed by atoms with Crippen LogP contribution in [0.4, 0.5) is 0 Å². The van der Waals surface area contributed by atoms with Crippen molar-refractivity contribution in [1.82, 2.24) is 4.90 Å². The maximum Gasteiger partial charge on any atom is 0.231 e. The summed E-state index contributed by atoms with van der Waals surface area (Å²) in [5, 5.41) is 0. The first-order chi connectivity index (χ1) is 14.6. The molecule has 0 aromatic heterocycles. The number of ether oxygens (including phenoxy) is 6. The first kappa shape index (κ1) is 19.8. The zero-order valence-electron chi connectivity index (χ0n) is 17.4. The minimum absolute atomic E-state index is 0.0474. The third-order valence-corrected chi connectivity index (χ3v) is 7.07. The number of benzene rings is 2. The maximum atomic E-state index is 6.37. The molecule has 0 radical (unpaired) electrons. The molecular formula is C22H24BrNO6. The zero-order chi connectivity index (χ0) is 21.0. The van der Waals surface area contributed by atoms with Crippen LogP contribution >= 0.6 is 15.9 Å². The summed E-state index contributed by atoms with van der Waals surface area (Å²) in [6.45, 7) is 1.54. The molecule has 160 valence electrons. The van der Waals surface area contributed by atoms with E-state index in [1.54, 1.807) is 21.3 Å². The Balaban J connectivity index is 1.68. The minimum atomic E-state index is -0.176. The summed E-state index contributed by atoms with van der Waals surface area (Å²) in [4.78, 5) is 2.32. The molecule has 0 spiro atoms. The van der Waals surface area contributed by atoms with Crippen LogP contribution in [0.15, 0.2) is 16.6 Å². The summed E-state index contributed by atoms with van der Waals surface area (Å²) in [7, 11) is 7.10. The van der Waals surface area contributed by atoms with E-state index in [9.17, 15) is 0 Å². The Hall–Kier alpha value is -2.16. The molecular weight excluding hydrogens is 454 g/mol. The van der Waals surface area contributed by atoms with E-state index in [-0.39, 0.29) is 18.9 Å². The highest BCUT2D eigenvalue weighted by Crippen LogP contribution is 2.57. The van der Waals surface area contributed by atoms with E-state index in [1.807, 2.05) is 6.07 Å². The van der Waals surface area contributed by atoms with E-state index in [2.05, 4.69) is 33.9 Å². The van der Waals surface area contributed by atoms with Crippen molar-refractivity contribution < 1.29 is 28.4 Å². The highest BCUT2D eigenvalue weighted by Gasteiger charge is 2.43. The molecule has 3 aliphatic heterocycles. The fourth-order valence-corrected chi connectivity index (χ4v) is 5.57. The Morgan fingerprint density at radius 3 is 2.50 bits per heavy atom. The second-order valence-corrected chi connectivity index (χ2v) is 8.37. The molecule has 8 heteroatoms. The van der Waals surface area contributed by atoms with Gasteiger partial charge in [-0.1, -0.05) is 6.07 Å². The van der Waals surface area contributed by atoms with Crippen LogP contribution in [0.5, 0.6) is 28.7 Å². The molecule has 0 bridgehead atoms. The number of nitrogens with zero attached hydrogens (tertiary/aromatic N) is 1. The van der Waals surface area contributed by atoms with Gasteiger partial charge in [-0.3, -0.25) is 4.90 Å². The molecule has 0 saturated carbocycles. The van der Waals surface area contributed by atoms with Crippen molar-refractivity contribution in [2.45, 2.75) is 25.2 Å². The van der Waals surface area contributed by atoms with Gasteiger partial charge in [-0.05, 0) is 46.6 Å². The molecule has 0 aliphatic carbocycles. The van der Waals surface area contributed by atoms with E-state index in [4.69, 9.17) is 28.4 Å². The van der Waals surface area contributed by atoms with E-state index in [1.165, 1.54) is 5.56 Å². The monoisotopic (exact) mass is 477 g/mol. The van der Waals surface area contributed by atoms with Crippen LogP contribution in [-0.2, 0) is 17.8 Å². The number of fused-ring (bicyclic) bond motifs is 3. The highest BCUT2D eigenvalue weighted by molar-refractivity contribution is 9.10. The van der Waals surface area contributed by atoms with Crippen LogP contribution in [0, 0.1) is 0 Å². The lowest BCUT2D eigenvalue weighted by atomic mass is 9.85. The van der Waals surface area contributed by atoms with Gasteiger partial charge < -0.3 is 28.4 Å². The molecule has 0 N–H and O–H groups in total. The quantitative estimate of drug-likeness (QED) is 0.659. The largest absolute Gasteiger partial charge is 0.493 e. The van der Waals surface area contributed by atoms with Gasteiger partial charge in [0.05, 0.1) is 38.5 Å². The number of hydrogen-bond acceptors (Lipinski definition) is 7. The Bertz CT molecular complexity index is 1010. The fourth-order valence-electron chi connectivity index (χ4n) is 4.86. The summed E-state index contributed by atoms with van der Waals surface area (Å²) in [6, 6.07) is 3.97. The van der Waals surface area contributed by atoms with Gasteiger partial charge in [-0.2, -0.15) is 0 Å².